The molecule has 1 heterocycles. The fourth-order valence-corrected chi connectivity index (χ4v) is 3.33. The number of methoxy groups -OCH3 is 2. The van der Waals surface area contributed by atoms with Gasteiger partial charge in [0, 0.05) is 17.2 Å². The molecule has 0 aromatic heterocycles. The Labute approximate surface area is 155 Å². The lowest BCUT2D eigenvalue weighted by atomic mass is 9.96. The standard InChI is InChI=1S/C21H17NO5/c1-25-19-10-14-8-9-18-16(15(14)12-20(19)26-2)11-17(22(23)24)21(27-18)13-6-4-3-5-7-13/h3-12,21H,1-2H3. The van der Waals surface area contributed by atoms with Crippen LogP contribution in [0.2, 0.25) is 0 Å². The van der Waals surface area contributed by atoms with Crippen LogP contribution in [0.4, 0.5) is 0 Å². The Kier molecular flexibility index (Phi) is 4.16. The van der Waals surface area contributed by atoms with Crippen molar-refractivity contribution in [3.63, 3.8) is 0 Å². The van der Waals surface area contributed by atoms with E-state index >= 15 is 0 Å². The lowest BCUT2D eigenvalue weighted by molar-refractivity contribution is -0.434. The zero-order valence-electron chi connectivity index (χ0n) is 14.8. The zero-order valence-corrected chi connectivity index (χ0v) is 14.8. The summed E-state index contributed by atoms with van der Waals surface area (Å²) in [5, 5.41) is 13.4. The summed E-state index contributed by atoms with van der Waals surface area (Å²) in [4.78, 5) is 11.3. The third kappa shape index (κ3) is 2.85. The summed E-state index contributed by atoms with van der Waals surface area (Å²) >= 11 is 0. The maximum absolute atomic E-state index is 11.7. The lowest BCUT2D eigenvalue weighted by Crippen LogP contribution is -2.19. The minimum absolute atomic E-state index is 0.00372. The molecule has 6 heteroatoms. The first-order chi connectivity index (χ1) is 13.1. The van der Waals surface area contributed by atoms with E-state index in [1.165, 1.54) is 0 Å². The van der Waals surface area contributed by atoms with Crippen LogP contribution >= 0.6 is 0 Å². The van der Waals surface area contributed by atoms with Crippen molar-refractivity contribution < 1.29 is 19.1 Å². The van der Waals surface area contributed by atoms with E-state index in [0.29, 0.717) is 22.8 Å². The molecule has 0 N–H and O–H groups in total. The summed E-state index contributed by atoms with van der Waals surface area (Å²) in [5.74, 6) is 1.75. The number of nitrogens with zero attached hydrogens (tertiary/aromatic N) is 1. The van der Waals surface area contributed by atoms with Crippen LogP contribution in [0.3, 0.4) is 0 Å². The minimum atomic E-state index is -0.758. The molecule has 3 aromatic rings. The molecule has 0 radical (unpaired) electrons. The first kappa shape index (κ1) is 16.9. The van der Waals surface area contributed by atoms with Crippen molar-refractivity contribution in [2.45, 2.75) is 6.10 Å². The van der Waals surface area contributed by atoms with Crippen LogP contribution in [0, 0.1) is 10.1 Å². The first-order valence-electron chi connectivity index (χ1n) is 8.38. The fourth-order valence-electron chi connectivity index (χ4n) is 3.33. The van der Waals surface area contributed by atoms with Crippen molar-refractivity contribution in [2.24, 2.45) is 0 Å². The molecular formula is C21H17NO5. The van der Waals surface area contributed by atoms with E-state index in [4.69, 9.17) is 14.2 Å². The second kappa shape index (κ2) is 6.64. The summed E-state index contributed by atoms with van der Waals surface area (Å²) in [5.41, 5.74) is 1.39. The van der Waals surface area contributed by atoms with E-state index in [9.17, 15) is 10.1 Å². The first-order valence-corrected chi connectivity index (χ1v) is 8.38. The molecule has 136 valence electrons. The number of nitro groups is 1. The Morgan fingerprint density at radius 2 is 1.70 bits per heavy atom. The van der Waals surface area contributed by atoms with Crippen LogP contribution in [-0.2, 0) is 0 Å². The molecule has 0 amide bonds. The highest BCUT2D eigenvalue weighted by Crippen LogP contribution is 2.43. The Balaban J connectivity index is 1.92. The van der Waals surface area contributed by atoms with Gasteiger partial charge in [-0.15, -0.1) is 0 Å². The van der Waals surface area contributed by atoms with E-state index in [2.05, 4.69) is 0 Å². The molecule has 0 spiro atoms. The molecule has 4 rings (SSSR count). The summed E-state index contributed by atoms with van der Waals surface area (Å²) < 4.78 is 16.8. The van der Waals surface area contributed by atoms with E-state index in [0.717, 1.165) is 16.3 Å². The third-order valence-electron chi connectivity index (χ3n) is 4.64. The lowest BCUT2D eigenvalue weighted by Gasteiger charge is -2.24. The quantitative estimate of drug-likeness (QED) is 0.500. The predicted molar refractivity (Wildman–Crippen MR) is 102 cm³/mol. The zero-order chi connectivity index (χ0) is 19.0. The van der Waals surface area contributed by atoms with Crippen molar-refractivity contribution >= 4 is 16.8 Å². The SMILES string of the molecule is COc1cc2ccc3c(c2cc1OC)C=C([N+](=O)[O-])C(c1ccccc1)O3. The number of ether oxygens (including phenoxy) is 3. The van der Waals surface area contributed by atoms with Crippen LogP contribution in [0.1, 0.15) is 17.2 Å². The molecule has 27 heavy (non-hydrogen) atoms. The van der Waals surface area contributed by atoms with Crippen molar-refractivity contribution in [2.75, 3.05) is 14.2 Å². The number of hydrogen-bond donors (Lipinski definition) is 0. The van der Waals surface area contributed by atoms with Crippen LogP contribution < -0.4 is 14.2 Å². The van der Waals surface area contributed by atoms with Crippen LogP contribution in [0.15, 0.2) is 60.3 Å². The Morgan fingerprint density at radius 3 is 2.37 bits per heavy atom. The number of benzene rings is 3. The van der Waals surface area contributed by atoms with Gasteiger partial charge < -0.3 is 14.2 Å². The molecule has 0 fully saturated rings. The number of fused-ring (bicyclic) bond motifs is 3. The number of rotatable bonds is 4. The fraction of sp³-hybridized carbons (Fsp3) is 0.143. The average Bonchev–Trinajstić information content (AvgIpc) is 2.72. The molecule has 0 aliphatic carbocycles. The van der Waals surface area contributed by atoms with Gasteiger partial charge in [0.15, 0.2) is 11.5 Å². The molecular weight excluding hydrogens is 346 g/mol. The van der Waals surface area contributed by atoms with Crippen molar-refractivity contribution in [3.8, 4) is 17.2 Å². The van der Waals surface area contributed by atoms with Crippen LogP contribution in [0.5, 0.6) is 17.2 Å². The smallest absolute Gasteiger partial charge is 0.291 e. The van der Waals surface area contributed by atoms with Gasteiger partial charge in [0.1, 0.15) is 5.75 Å². The summed E-state index contributed by atoms with van der Waals surface area (Å²) in [6.07, 6.45) is 0.830. The molecule has 0 saturated carbocycles. The van der Waals surface area contributed by atoms with Gasteiger partial charge in [-0.25, -0.2) is 0 Å². The van der Waals surface area contributed by atoms with Gasteiger partial charge >= 0.3 is 0 Å². The molecule has 6 nitrogen and oxygen atoms in total. The average molecular weight is 363 g/mol. The van der Waals surface area contributed by atoms with Gasteiger partial charge in [0.05, 0.1) is 19.1 Å². The highest BCUT2D eigenvalue weighted by Gasteiger charge is 2.33. The third-order valence-corrected chi connectivity index (χ3v) is 4.64. The highest BCUT2D eigenvalue weighted by molar-refractivity contribution is 5.96. The van der Waals surface area contributed by atoms with Gasteiger partial charge in [-0.05, 0) is 29.0 Å². The van der Waals surface area contributed by atoms with E-state index in [1.807, 2.05) is 54.6 Å². The van der Waals surface area contributed by atoms with Crippen molar-refractivity contribution in [1.82, 2.24) is 0 Å². The van der Waals surface area contributed by atoms with E-state index in [1.54, 1.807) is 20.3 Å². The van der Waals surface area contributed by atoms with E-state index < -0.39 is 6.10 Å². The van der Waals surface area contributed by atoms with Gasteiger partial charge in [-0.3, -0.25) is 10.1 Å². The highest BCUT2D eigenvalue weighted by atomic mass is 16.6. The monoisotopic (exact) mass is 363 g/mol. The Bertz CT molecular complexity index is 1060. The van der Waals surface area contributed by atoms with Crippen LogP contribution in [-0.4, -0.2) is 19.1 Å². The molecule has 0 bridgehead atoms. The van der Waals surface area contributed by atoms with Gasteiger partial charge in [-0.1, -0.05) is 36.4 Å². The van der Waals surface area contributed by atoms with Gasteiger partial charge in [0.2, 0.25) is 6.10 Å². The van der Waals surface area contributed by atoms with Gasteiger partial charge in [0.25, 0.3) is 5.70 Å². The van der Waals surface area contributed by atoms with Gasteiger partial charge in [-0.2, -0.15) is 0 Å². The molecule has 3 aromatic carbocycles. The van der Waals surface area contributed by atoms with Crippen molar-refractivity contribution in [1.29, 1.82) is 0 Å². The minimum Gasteiger partial charge on any atom is -0.493 e. The molecule has 1 atom stereocenters. The maximum atomic E-state index is 11.7. The topological polar surface area (TPSA) is 70.8 Å². The second-order valence-electron chi connectivity index (χ2n) is 6.14. The largest absolute Gasteiger partial charge is 0.493 e. The Hall–Kier alpha value is -3.54. The normalized spacial score (nSPS) is 15.5. The van der Waals surface area contributed by atoms with Crippen molar-refractivity contribution in [3.05, 3.63) is 81.5 Å². The number of hydrogen-bond acceptors (Lipinski definition) is 5. The molecule has 1 aliphatic rings. The maximum Gasteiger partial charge on any atom is 0.291 e. The molecule has 1 unspecified atom stereocenters. The summed E-state index contributed by atoms with van der Waals surface area (Å²) in [7, 11) is 3.12. The van der Waals surface area contributed by atoms with E-state index in [-0.39, 0.29) is 10.6 Å². The summed E-state index contributed by atoms with van der Waals surface area (Å²) in [6.45, 7) is 0. The Morgan fingerprint density at radius 1 is 1.00 bits per heavy atom. The van der Waals surface area contributed by atoms with Crippen LogP contribution in [0.25, 0.3) is 16.8 Å². The second-order valence-corrected chi connectivity index (χ2v) is 6.14. The predicted octanol–water partition coefficient (Wildman–Crippen LogP) is 4.61. The molecule has 0 saturated heterocycles. The summed E-state index contributed by atoms with van der Waals surface area (Å²) in [6, 6.07) is 16.6. The molecule has 1 aliphatic heterocycles.